The van der Waals surface area contributed by atoms with E-state index in [9.17, 15) is 4.79 Å². The molecular weight excluding hydrogens is 378 g/mol. The fourth-order valence-corrected chi connectivity index (χ4v) is 3.16. The average Bonchev–Trinajstić information content (AvgIpc) is 2.80. The van der Waals surface area contributed by atoms with Gasteiger partial charge >= 0.3 is 0 Å². The molecule has 1 aromatic heterocycles. The Kier molecular flexibility index (Phi) is 6.18. The van der Waals surface area contributed by atoms with Gasteiger partial charge in [0, 0.05) is 37.2 Å². The van der Waals surface area contributed by atoms with Crippen molar-refractivity contribution in [3.8, 4) is 23.1 Å². The summed E-state index contributed by atoms with van der Waals surface area (Å²) in [4.78, 5) is 16.8. The zero-order valence-electron chi connectivity index (χ0n) is 17.2. The number of nitriles is 1. The van der Waals surface area contributed by atoms with Crippen LogP contribution in [0.2, 0.25) is 0 Å². The highest BCUT2D eigenvalue weighted by atomic mass is 16.5. The number of anilines is 2. The molecule has 0 aliphatic rings. The first-order chi connectivity index (χ1) is 14.5. The highest BCUT2D eigenvalue weighted by Gasteiger charge is 2.15. The third-order valence-corrected chi connectivity index (χ3v) is 4.74. The van der Waals surface area contributed by atoms with Crippen molar-refractivity contribution >= 4 is 28.1 Å². The normalized spacial score (nSPS) is 10.2. The molecule has 0 aliphatic heterocycles. The minimum Gasteiger partial charge on any atom is -0.495 e. The van der Waals surface area contributed by atoms with Crippen molar-refractivity contribution in [2.75, 3.05) is 38.4 Å². The molecule has 0 saturated heterocycles. The molecule has 0 spiro atoms. The van der Waals surface area contributed by atoms with Crippen molar-refractivity contribution in [2.45, 2.75) is 0 Å². The summed E-state index contributed by atoms with van der Waals surface area (Å²) in [6.45, 7) is 4.03. The SMILES string of the molecule is C=C(C#N)CNc1c(OC)ccc2ccc(-c3ccc(NC)c(C(=O)NC)n3)cc12. The minimum atomic E-state index is -0.263. The lowest BCUT2D eigenvalue weighted by Gasteiger charge is -2.15. The molecule has 0 fully saturated rings. The van der Waals surface area contributed by atoms with Crippen LogP contribution >= 0.6 is 0 Å². The first kappa shape index (κ1) is 20.7. The Morgan fingerprint density at radius 1 is 1.20 bits per heavy atom. The van der Waals surface area contributed by atoms with Crippen LogP contribution in [-0.2, 0) is 0 Å². The van der Waals surface area contributed by atoms with Crippen molar-refractivity contribution in [1.82, 2.24) is 10.3 Å². The predicted molar refractivity (Wildman–Crippen MR) is 120 cm³/mol. The highest BCUT2D eigenvalue weighted by Crippen LogP contribution is 2.36. The standard InChI is InChI=1S/C23H23N5O2/c1-14(12-24)13-27-21-17-11-16(6-5-15(17)7-10-20(21)30-4)18-8-9-19(25-2)22(28-18)23(29)26-3/h5-11,25,27H,1,13H2,2-4H3,(H,26,29). The Balaban J connectivity index is 2.13. The van der Waals surface area contributed by atoms with E-state index in [2.05, 4.69) is 27.5 Å². The summed E-state index contributed by atoms with van der Waals surface area (Å²) in [7, 11) is 4.92. The van der Waals surface area contributed by atoms with Gasteiger partial charge in [-0.05, 0) is 29.7 Å². The van der Waals surface area contributed by atoms with E-state index in [0.29, 0.717) is 34.9 Å². The Bertz CT molecular complexity index is 1160. The molecule has 0 unspecified atom stereocenters. The molecule has 152 valence electrons. The van der Waals surface area contributed by atoms with Gasteiger partial charge in [0.2, 0.25) is 0 Å². The molecule has 0 atom stereocenters. The van der Waals surface area contributed by atoms with Crippen molar-refractivity contribution in [1.29, 1.82) is 5.26 Å². The van der Waals surface area contributed by atoms with Crippen molar-refractivity contribution in [2.24, 2.45) is 0 Å². The monoisotopic (exact) mass is 401 g/mol. The number of hydrogen-bond donors (Lipinski definition) is 3. The zero-order chi connectivity index (χ0) is 21.7. The van der Waals surface area contributed by atoms with Gasteiger partial charge in [0.25, 0.3) is 5.91 Å². The van der Waals surface area contributed by atoms with Gasteiger partial charge in [-0.3, -0.25) is 4.79 Å². The van der Waals surface area contributed by atoms with Crippen LogP contribution in [-0.4, -0.2) is 38.6 Å². The maximum absolute atomic E-state index is 12.2. The number of nitrogens with one attached hydrogen (secondary N) is 3. The maximum atomic E-state index is 12.2. The summed E-state index contributed by atoms with van der Waals surface area (Å²) >= 11 is 0. The third-order valence-electron chi connectivity index (χ3n) is 4.74. The van der Waals surface area contributed by atoms with E-state index < -0.39 is 0 Å². The number of pyridine rings is 1. The molecule has 3 aromatic rings. The maximum Gasteiger partial charge on any atom is 0.271 e. The van der Waals surface area contributed by atoms with Crippen LogP contribution in [0.5, 0.6) is 5.75 Å². The van der Waals surface area contributed by atoms with Gasteiger partial charge < -0.3 is 20.7 Å². The molecule has 0 radical (unpaired) electrons. The molecule has 30 heavy (non-hydrogen) atoms. The fourth-order valence-electron chi connectivity index (χ4n) is 3.16. The number of aromatic nitrogens is 1. The van der Waals surface area contributed by atoms with E-state index >= 15 is 0 Å². The lowest BCUT2D eigenvalue weighted by Crippen LogP contribution is -2.21. The summed E-state index contributed by atoms with van der Waals surface area (Å²) in [6, 6.07) is 15.5. The molecule has 0 saturated carbocycles. The minimum absolute atomic E-state index is 0.263. The number of benzene rings is 2. The van der Waals surface area contributed by atoms with Crippen LogP contribution < -0.4 is 20.7 Å². The van der Waals surface area contributed by atoms with Gasteiger partial charge in [0.05, 0.1) is 30.2 Å². The second-order valence-electron chi connectivity index (χ2n) is 6.57. The molecule has 7 heteroatoms. The summed E-state index contributed by atoms with van der Waals surface area (Å²) in [5.74, 6) is 0.399. The number of methoxy groups -OCH3 is 1. The number of amides is 1. The molecule has 1 amide bonds. The highest BCUT2D eigenvalue weighted by molar-refractivity contribution is 6.00. The first-order valence-corrected chi connectivity index (χ1v) is 9.36. The molecule has 7 nitrogen and oxygen atoms in total. The second kappa shape index (κ2) is 8.97. The largest absolute Gasteiger partial charge is 0.495 e. The van der Waals surface area contributed by atoms with Gasteiger partial charge in [0.15, 0.2) is 5.69 Å². The fraction of sp³-hybridized carbons (Fsp3) is 0.174. The topological polar surface area (TPSA) is 99.1 Å². The Morgan fingerprint density at radius 3 is 2.63 bits per heavy atom. The Morgan fingerprint density at radius 2 is 1.97 bits per heavy atom. The summed E-state index contributed by atoms with van der Waals surface area (Å²) in [6.07, 6.45) is 0. The van der Waals surface area contributed by atoms with Crippen molar-refractivity contribution < 1.29 is 9.53 Å². The molecule has 2 aromatic carbocycles. The van der Waals surface area contributed by atoms with Gasteiger partial charge in [-0.25, -0.2) is 4.98 Å². The summed E-state index contributed by atoms with van der Waals surface area (Å²) in [5, 5.41) is 19.8. The van der Waals surface area contributed by atoms with Crippen LogP contribution in [0.25, 0.3) is 22.0 Å². The number of carbonyl (C=O) groups is 1. The van der Waals surface area contributed by atoms with E-state index in [-0.39, 0.29) is 5.91 Å². The molecule has 1 heterocycles. The van der Waals surface area contributed by atoms with Crippen LogP contribution in [0.3, 0.4) is 0 Å². The van der Waals surface area contributed by atoms with E-state index in [1.54, 1.807) is 21.2 Å². The number of hydrogen-bond acceptors (Lipinski definition) is 6. The van der Waals surface area contributed by atoms with Crippen LogP contribution in [0.4, 0.5) is 11.4 Å². The molecule has 0 bridgehead atoms. The summed E-state index contributed by atoms with van der Waals surface area (Å²) in [5.41, 5.74) is 3.69. The Hall–Kier alpha value is -4.05. The number of fused-ring (bicyclic) bond motifs is 1. The van der Waals surface area contributed by atoms with E-state index in [1.807, 2.05) is 48.5 Å². The van der Waals surface area contributed by atoms with Crippen LogP contribution in [0.15, 0.2) is 54.6 Å². The number of nitrogens with zero attached hydrogens (tertiary/aromatic N) is 2. The molecule has 0 aliphatic carbocycles. The predicted octanol–water partition coefficient (Wildman–Crippen LogP) is 3.80. The van der Waals surface area contributed by atoms with Crippen molar-refractivity contribution in [3.05, 3.63) is 60.3 Å². The van der Waals surface area contributed by atoms with Crippen LogP contribution in [0.1, 0.15) is 10.5 Å². The lowest BCUT2D eigenvalue weighted by atomic mass is 10.0. The quantitative estimate of drug-likeness (QED) is 0.521. The van der Waals surface area contributed by atoms with Gasteiger partial charge in [-0.1, -0.05) is 24.8 Å². The van der Waals surface area contributed by atoms with Gasteiger partial charge in [-0.2, -0.15) is 5.26 Å². The van der Waals surface area contributed by atoms with Crippen molar-refractivity contribution in [3.63, 3.8) is 0 Å². The average molecular weight is 401 g/mol. The summed E-state index contributed by atoms with van der Waals surface area (Å²) < 4.78 is 5.51. The van der Waals surface area contributed by atoms with E-state index in [4.69, 9.17) is 10.00 Å². The first-order valence-electron chi connectivity index (χ1n) is 9.36. The van der Waals surface area contributed by atoms with E-state index in [0.717, 1.165) is 22.0 Å². The number of rotatable bonds is 7. The molecule has 3 N–H and O–H groups in total. The van der Waals surface area contributed by atoms with Gasteiger partial charge in [0.1, 0.15) is 5.75 Å². The molecular formula is C23H23N5O2. The zero-order valence-corrected chi connectivity index (χ0v) is 17.2. The third kappa shape index (κ3) is 4.03. The second-order valence-corrected chi connectivity index (χ2v) is 6.57. The Labute approximate surface area is 175 Å². The van der Waals surface area contributed by atoms with E-state index in [1.165, 1.54) is 0 Å². The smallest absolute Gasteiger partial charge is 0.271 e. The lowest BCUT2D eigenvalue weighted by molar-refractivity contribution is 0.0959. The van der Waals surface area contributed by atoms with Crippen LogP contribution in [0, 0.1) is 11.3 Å². The number of ether oxygens (including phenoxy) is 1. The number of carbonyl (C=O) groups excluding carboxylic acids is 1. The molecule has 3 rings (SSSR count). The van der Waals surface area contributed by atoms with Gasteiger partial charge in [-0.15, -0.1) is 0 Å².